The lowest BCUT2D eigenvalue weighted by atomic mass is 10.2. The number of phenols is 1. The second-order valence-corrected chi connectivity index (χ2v) is 4.35. The van der Waals surface area contributed by atoms with Gasteiger partial charge in [0.25, 0.3) is 0 Å². The van der Waals surface area contributed by atoms with Gasteiger partial charge in [0.05, 0.1) is 9.78 Å². The van der Waals surface area contributed by atoms with Gasteiger partial charge >= 0.3 is 0 Å². The predicted octanol–water partition coefficient (Wildman–Crippen LogP) is 2.12. The van der Waals surface area contributed by atoms with Crippen LogP contribution < -0.4 is 5.43 Å². The van der Waals surface area contributed by atoms with E-state index >= 15 is 0 Å². The number of hydrazone groups is 1. The monoisotopic (exact) mass is 338 g/mol. The van der Waals surface area contributed by atoms with Gasteiger partial charge in [0.2, 0.25) is 5.91 Å². The van der Waals surface area contributed by atoms with Gasteiger partial charge in [-0.25, -0.2) is 5.43 Å². The topological polar surface area (TPSA) is 61.7 Å². The Morgan fingerprint density at radius 2 is 2.33 bits per heavy atom. The summed E-state index contributed by atoms with van der Waals surface area (Å²) in [6.07, 6.45) is 1.34. The van der Waals surface area contributed by atoms with Crippen molar-refractivity contribution < 1.29 is 9.90 Å². The number of carbonyl (C=O) groups excluding carboxylic acids is 1. The molecule has 0 aromatic heterocycles. The van der Waals surface area contributed by atoms with Crippen molar-refractivity contribution in [3.63, 3.8) is 0 Å². The Bertz CT molecular complexity index is 421. The second kappa shape index (κ2) is 5.32. The van der Waals surface area contributed by atoms with E-state index in [0.717, 1.165) is 0 Å². The molecular formula is C9H8ClIN2O2. The van der Waals surface area contributed by atoms with Crippen LogP contribution in [0.3, 0.4) is 0 Å². The number of aromatic hydroxyl groups is 1. The van der Waals surface area contributed by atoms with E-state index in [9.17, 15) is 9.90 Å². The van der Waals surface area contributed by atoms with Crippen LogP contribution in [0.2, 0.25) is 5.02 Å². The van der Waals surface area contributed by atoms with Gasteiger partial charge in [-0.05, 0) is 34.7 Å². The van der Waals surface area contributed by atoms with Crippen molar-refractivity contribution in [1.29, 1.82) is 0 Å². The van der Waals surface area contributed by atoms with Crippen molar-refractivity contribution in [3.8, 4) is 5.75 Å². The first kappa shape index (κ1) is 12.3. The first-order chi connectivity index (χ1) is 7.00. The summed E-state index contributed by atoms with van der Waals surface area (Å²) in [6, 6.07) is 3.19. The fraction of sp³-hybridized carbons (Fsp3) is 0.111. The van der Waals surface area contributed by atoms with Crippen LogP contribution in [0.25, 0.3) is 0 Å². The molecule has 0 unspecified atom stereocenters. The van der Waals surface area contributed by atoms with Gasteiger partial charge in [0, 0.05) is 17.5 Å². The molecule has 1 amide bonds. The Morgan fingerprint density at radius 3 is 2.93 bits per heavy atom. The van der Waals surface area contributed by atoms with Crippen molar-refractivity contribution in [2.45, 2.75) is 6.92 Å². The van der Waals surface area contributed by atoms with Gasteiger partial charge in [0.15, 0.2) is 0 Å². The third-order valence-corrected chi connectivity index (χ3v) is 2.52. The van der Waals surface area contributed by atoms with E-state index in [4.69, 9.17) is 11.6 Å². The largest absolute Gasteiger partial charge is 0.506 e. The zero-order valence-electron chi connectivity index (χ0n) is 7.79. The van der Waals surface area contributed by atoms with Gasteiger partial charge in [0.1, 0.15) is 5.75 Å². The standard InChI is InChI=1S/C9H8ClIN2O2/c1-5(14)13-12-4-6-2-7(10)3-8(11)9(6)15/h2-4,15H,1H3,(H,13,14)/b12-4-. The molecule has 0 heterocycles. The highest BCUT2D eigenvalue weighted by molar-refractivity contribution is 14.1. The van der Waals surface area contributed by atoms with Gasteiger partial charge in [-0.15, -0.1) is 0 Å². The van der Waals surface area contributed by atoms with Gasteiger partial charge in [-0.3, -0.25) is 4.79 Å². The Kier molecular flexibility index (Phi) is 4.34. The predicted molar refractivity (Wildman–Crippen MR) is 67.2 cm³/mol. The maximum atomic E-state index is 10.5. The molecule has 1 aromatic rings. The molecule has 1 aromatic carbocycles. The van der Waals surface area contributed by atoms with E-state index in [-0.39, 0.29) is 11.7 Å². The maximum Gasteiger partial charge on any atom is 0.236 e. The number of nitrogens with one attached hydrogen (secondary N) is 1. The van der Waals surface area contributed by atoms with Crippen LogP contribution in [0.1, 0.15) is 12.5 Å². The molecule has 0 atom stereocenters. The van der Waals surface area contributed by atoms with E-state index < -0.39 is 0 Å². The number of rotatable bonds is 2. The number of benzene rings is 1. The number of amides is 1. The van der Waals surface area contributed by atoms with Gasteiger partial charge in [-0.2, -0.15) is 5.10 Å². The molecule has 0 aliphatic rings. The summed E-state index contributed by atoms with van der Waals surface area (Å²) in [5, 5.41) is 13.8. The molecule has 1 rings (SSSR count). The van der Waals surface area contributed by atoms with Crippen molar-refractivity contribution >= 4 is 46.3 Å². The normalized spacial score (nSPS) is 10.6. The molecule has 0 fully saturated rings. The average Bonchev–Trinajstić information content (AvgIpc) is 2.12. The summed E-state index contributed by atoms with van der Waals surface area (Å²) in [7, 11) is 0. The molecule has 0 spiro atoms. The summed E-state index contributed by atoms with van der Waals surface area (Å²) in [6.45, 7) is 1.35. The molecule has 0 aliphatic heterocycles. The van der Waals surface area contributed by atoms with E-state index in [1.165, 1.54) is 13.1 Å². The number of carbonyl (C=O) groups is 1. The zero-order valence-corrected chi connectivity index (χ0v) is 10.7. The molecular weight excluding hydrogens is 330 g/mol. The minimum absolute atomic E-state index is 0.0918. The van der Waals surface area contributed by atoms with E-state index in [1.54, 1.807) is 12.1 Å². The quantitative estimate of drug-likeness (QED) is 0.493. The van der Waals surface area contributed by atoms with E-state index in [1.807, 2.05) is 22.6 Å². The van der Waals surface area contributed by atoms with Crippen LogP contribution in [0, 0.1) is 3.57 Å². The highest BCUT2D eigenvalue weighted by Gasteiger charge is 2.05. The Hall–Kier alpha value is -0.820. The van der Waals surface area contributed by atoms with E-state index in [2.05, 4.69) is 10.5 Å². The van der Waals surface area contributed by atoms with E-state index in [0.29, 0.717) is 14.2 Å². The van der Waals surface area contributed by atoms with Gasteiger partial charge in [-0.1, -0.05) is 11.6 Å². The zero-order chi connectivity index (χ0) is 11.4. The fourth-order valence-corrected chi connectivity index (χ4v) is 1.93. The smallest absolute Gasteiger partial charge is 0.236 e. The summed E-state index contributed by atoms with van der Waals surface area (Å²) in [4.78, 5) is 10.5. The molecule has 0 saturated carbocycles. The Balaban J connectivity index is 2.94. The fourth-order valence-electron chi connectivity index (χ4n) is 0.877. The van der Waals surface area contributed by atoms with Crippen LogP contribution in [0.4, 0.5) is 0 Å². The van der Waals surface area contributed by atoms with Crippen LogP contribution in [-0.2, 0) is 4.79 Å². The molecule has 0 bridgehead atoms. The Morgan fingerprint density at radius 1 is 1.67 bits per heavy atom. The second-order valence-electron chi connectivity index (χ2n) is 2.75. The third-order valence-electron chi connectivity index (χ3n) is 1.48. The molecule has 0 aliphatic carbocycles. The van der Waals surface area contributed by atoms with Crippen LogP contribution >= 0.6 is 34.2 Å². The van der Waals surface area contributed by atoms with Crippen molar-refractivity contribution in [1.82, 2.24) is 5.43 Å². The van der Waals surface area contributed by atoms with Crippen LogP contribution in [0.15, 0.2) is 17.2 Å². The molecule has 4 nitrogen and oxygen atoms in total. The maximum absolute atomic E-state index is 10.5. The summed E-state index contributed by atoms with van der Waals surface area (Å²) < 4.78 is 0.629. The molecule has 0 radical (unpaired) electrons. The van der Waals surface area contributed by atoms with Crippen molar-refractivity contribution in [2.75, 3.05) is 0 Å². The summed E-state index contributed by atoms with van der Waals surface area (Å²) in [5.74, 6) is -0.184. The first-order valence-electron chi connectivity index (χ1n) is 3.98. The van der Waals surface area contributed by atoms with Gasteiger partial charge < -0.3 is 5.11 Å². The first-order valence-corrected chi connectivity index (χ1v) is 5.44. The summed E-state index contributed by atoms with van der Waals surface area (Å²) in [5.41, 5.74) is 2.69. The van der Waals surface area contributed by atoms with Crippen molar-refractivity contribution in [2.24, 2.45) is 5.10 Å². The van der Waals surface area contributed by atoms with Crippen molar-refractivity contribution in [3.05, 3.63) is 26.3 Å². The molecule has 6 heteroatoms. The molecule has 0 saturated heterocycles. The number of halogens is 2. The lowest BCUT2D eigenvalue weighted by molar-refractivity contribution is -0.118. The highest BCUT2D eigenvalue weighted by atomic mass is 127. The van der Waals surface area contributed by atoms with Crippen LogP contribution in [-0.4, -0.2) is 17.2 Å². The minimum atomic E-state index is -0.275. The lowest BCUT2D eigenvalue weighted by Crippen LogP contribution is -2.12. The van der Waals surface area contributed by atoms with Crippen LogP contribution in [0.5, 0.6) is 5.75 Å². The number of nitrogens with zero attached hydrogens (tertiary/aromatic N) is 1. The highest BCUT2D eigenvalue weighted by Crippen LogP contribution is 2.26. The third kappa shape index (κ3) is 3.67. The number of hydrogen-bond donors (Lipinski definition) is 2. The minimum Gasteiger partial charge on any atom is -0.506 e. The Labute approximate surface area is 105 Å². The number of phenolic OH excluding ortho intramolecular Hbond substituents is 1. The number of hydrogen-bond acceptors (Lipinski definition) is 3. The molecule has 2 N–H and O–H groups in total. The average molecular weight is 339 g/mol. The SMILES string of the molecule is CC(=O)N/N=C\c1cc(Cl)cc(I)c1O. The molecule has 15 heavy (non-hydrogen) atoms. The lowest BCUT2D eigenvalue weighted by Gasteiger charge is -2.02. The molecule has 80 valence electrons. The summed E-state index contributed by atoms with van der Waals surface area (Å²) >= 11 is 7.76.